The van der Waals surface area contributed by atoms with Gasteiger partial charge in [-0.15, -0.1) is 0 Å². The van der Waals surface area contributed by atoms with Gasteiger partial charge in [0.25, 0.3) is 0 Å². The van der Waals surface area contributed by atoms with Crippen LogP contribution in [0.25, 0.3) is 0 Å². The van der Waals surface area contributed by atoms with E-state index in [9.17, 15) is 9.59 Å². The van der Waals surface area contributed by atoms with Crippen LogP contribution in [0.3, 0.4) is 0 Å². The van der Waals surface area contributed by atoms with E-state index in [-0.39, 0.29) is 0 Å². The van der Waals surface area contributed by atoms with Gasteiger partial charge in [0.1, 0.15) is 0 Å². The van der Waals surface area contributed by atoms with E-state index in [4.69, 9.17) is 0 Å². The standard InChI is InChI=1S/C11H21N3O2/c1-5-9(6-2)13-14-11(16)10(15)12-7-8(3)4/h8H,5-7H2,1-4H3,(H,12,15)(H,14,16). The molecule has 0 aromatic rings. The van der Waals surface area contributed by atoms with Crippen molar-refractivity contribution in [1.82, 2.24) is 10.7 Å². The van der Waals surface area contributed by atoms with Crippen LogP contribution in [0.5, 0.6) is 0 Å². The molecule has 5 heteroatoms. The summed E-state index contributed by atoms with van der Waals surface area (Å²) < 4.78 is 0. The molecule has 0 heterocycles. The number of nitrogens with one attached hydrogen (secondary N) is 2. The molecule has 0 radical (unpaired) electrons. The molecular formula is C11H21N3O2. The van der Waals surface area contributed by atoms with Crippen molar-refractivity contribution in [3.05, 3.63) is 0 Å². The highest BCUT2D eigenvalue weighted by Gasteiger charge is 2.12. The van der Waals surface area contributed by atoms with Crippen LogP contribution in [0.2, 0.25) is 0 Å². The Bertz CT molecular complexity index is 266. The lowest BCUT2D eigenvalue weighted by Gasteiger charge is -2.06. The van der Waals surface area contributed by atoms with Gasteiger partial charge in [0, 0.05) is 12.3 Å². The summed E-state index contributed by atoms with van der Waals surface area (Å²) in [5.74, 6) is -1.02. The van der Waals surface area contributed by atoms with Gasteiger partial charge in [-0.2, -0.15) is 5.10 Å². The zero-order valence-corrected chi connectivity index (χ0v) is 10.5. The molecule has 2 N–H and O–H groups in total. The minimum atomic E-state index is -0.708. The van der Waals surface area contributed by atoms with Crippen molar-refractivity contribution in [2.45, 2.75) is 40.5 Å². The van der Waals surface area contributed by atoms with Crippen LogP contribution in [0, 0.1) is 5.92 Å². The molecule has 0 aromatic carbocycles. The van der Waals surface area contributed by atoms with Crippen molar-refractivity contribution >= 4 is 17.5 Å². The molecule has 0 rings (SSSR count). The second kappa shape index (κ2) is 7.84. The molecule has 0 saturated carbocycles. The molecule has 0 fully saturated rings. The molecule has 0 saturated heterocycles. The summed E-state index contributed by atoms with van der Waals surface area (Å²) in [6.07, 6.45) is 1.54. The van der Waals surface area contributed by atoms with Gasteiger partial charge in [-0.3, -0.25) is 9.59 Å². The Morgan fingerprint density at radius 1 is 1.12 bits per heavy atom. The summed E-state index contributed by atoms with van der Waals surface area (Å²) in [5, 5.41) is 6.39. The van der Waals surface area contributed by atoms with Crippen molar-refractivity contribution in [3.63, 3.8) is 0 Å². The number of hydrogen-bond donors (Lipinski definition) is 2. The van der Waals surface area contributed by atoms with E-state index in [1.807, 2.05) is 27.7 Å². The molecule has 0 bridgehead atoms. The van der Waals surface area contributed by atoms with Gasteiger partial charge in [0.2, 0.25) is 0 Å². The zero-order chi connectivity index (χ0) is 12.6. The van der Waals surface area contributed by atoms with E-state index < -0.39 is 11.8 Å². The third-order valence-electron chi connectivity index (χ3n) is 2.01. The third-order valence-corrected chi connectivity index (χ3v) is 2.01. The van der Waals surface area contributed by atoms with Gasteiger partial charge in [-0.1, -0.05) is 27.7 Å². The second-order valence-corrected chi connectivity index (χ2v) is 3.93. The highest BCUT2D eigenvalue weighted by Crippen LogP contribution is 1.90. The van der Waals surface area contributed by atoms with Crippen molar-refractivity contribution in [1.29, 1.82) is 0 Å². The van der Waals surface area contributed by atoms with E-state index in [1.54, 1.807) is 0 Å². The Morgan fingerprint density at radius 3 is 2.12 bits per heavy atom. The average Bonchev–Trinajstić information content (AvgIpc) is 2.26. The van der Waals surface area contributed by atoms with Crippen molar-refractivity contribution < 1.29 is 9.59 Å². The Labute approximate surface area is 96.7 Å². The predicted molar refractivity (Wildman–Crippen MR) is 64.0 cm³/mol. The van der Waals surface area contributed by atoms with Gasteiger partial charge in [0.15, 0.2) is 0 Å². The lowest BCUT2D eigenvalue weighted by molar-refractivity contribution is -0.139. The van der Waals surface area contributed by atoms with E-state index in [0.29, 0.717) is 12.5 Å². The Hall–Kier alpha value is -1.39. The normalized spacial score (nSPS) is 9.81. The summed E-state index contributed by atoms with van der Waals surface area (Å²) in [6.45, 7) is 8.32. The number of hydrazone groups is 1. The zero-order valence-electron chi connectivity index (χ0n) is 10.5. The first kappa shape index (κ1) is 14.6. The number of rotatable bonds is 5. The van der Waals surface area contributed by atoms with Crippen LogP contribution in [0.1, 0.15) is 40.5 Å². The highest BCUT2D eigenvalue weighted by molar-refractivity contribution is 6.35. The van der Waals surface area contributed by atoms with Crippen LogP contribution in [0.15, 0.2) is 5.10 Å². The molecule has 0 aliphatic rings. The van der Waals surface area contributed by atoms with E-state index >= 15 is 0 Å². The molecule has 0 unspecified atom stereocenters. The summed E-state index contributed by atoms with van der Waals surface area (Å²) in [7, 11) is 0. The SMILES string of the molecule is CCC(CC)=NNC(=O)C(=O)NCC(C)C. The minimum absolute atomic E-state index is 0.321. The summed E-state index contributed by atoms with van der Waals surface area (Å²) in [4.78, 5) is 22.5. The first-order chi connectivity index (χ1) is 7.51. The summed E-state index contributed by atoms with van der Waals surface area (Å²) in [6, 6.07) is 0. The van der Waals surface area contributed by atoms with E-state index in [2.05, 4.69) is 15.8 Å². The molecule has 0 aliphatic heterocycles. The summed E-state index contributed by atoms with van der Waals surface area (Å²) >= 11 is 0. The largest absolute Gasteiger partial charge is 0.348 e. The lowest BCUT2D eigenvalue weighted by atomic mass is 10.2. The average molecular weight is 227 g/mol. The Balaban J connectivity index is 4.06. The van der Waals surface area contributed by atoms with Crippen molar-refractivity contribution in [3.8, 4) is 0 Å². The lowest BCUT2D eigenvalue weighted by Crippen LogP contribution is -2.39. The van der Waals surface area contributed by atoms with Gasteiger partial charge < -0.3 is 5.32 Å². The molecule has 0 aliphatic carbocycles. The van der Waals surface area contributed by atoms with Crippen LogP contribution in [-0.2, 0) is 9.59 Å². The third kappa shape index (κ3) is 6.16. The van der Waals surface area contributed by atoms with E-state index in [0.717, 1.165) is 18.6 Å². The Kier molecular flexibility index (Phi) is 7.16. The maximum absolute atomic E-state index is 11.3. The van der Waals surface area contributed by atoms with Gasteiger partial charge in [-0.25, -0.2) is 5.43 Å². The maximum Gasteiger partial charge on any atom is 0.329 e. The number of carbonyl (C=O) groups excluding carboxylic acids is 2. The molecular weight excluding hydrogens is 206 g/mol. The van der Waals surface area contributed by atoms with Gasteiger partial charge >= 0.3 is 11.8 Å². The monoisotopic (exact) mass is 227 g/mol. The number of nitrogens with zero attached hydrogens (tertiary/aromatic N) is 1. The fourth-order valence-corrected chi connectivity index (χ4v) is 0.966. The van der Waals surface area contributed by atoms with Gasteiger partial charge in [0.05, 0.1) is 0 Å². The minimum Gasteiger partial charge on any atom is -0.348 e. The maximum atomic E-state index is 11.3. The fourth-order valence-electron chi connectivity index (χ4n) is 0.966. The first-order valence-corrected chi connectivity index (χ1v) is 5.64. The number of carbonyl (C=O) groups is 2. The summed E-state index contributed by atoms with van der Waals surface area (Å²) in [5.41, 5.74) is 3.11. The molecule has 0 atom stereocenters. The first-order valence-electron chi connectivity index (χ1n) is 5.64. The van der Waals surface area contributed by atoms with E-state index in [1.165, 1.54) is 0 Å². The molecule has 5 nitrogen and oxygen atoms in total. The van der Waals surface area contributed by atoms with Crippen LogP contribution >= 0.6 is 0 Å². The van der Waals surface area contributed by atoms with Crippen molar-refractivity contribution in [2.75, 3.05) is 6.54 Å². The number of amides is 2. The second-order valence-electron chi connectivity index (χ2n) is 3.93. The molecule has 0 spiro atoms. The molecule has 92 valence electrons. The predicted octanol–water partition coefficient (Wildman–Crippen LogP) is 1.05. The smallest absolute Gasteiger partial charge is 0.329 e. The topological polar surface area (TPSA) is 70.6 Å². The Morgan fingerprint density at radius 2 is 1.69 bits per heavy atom. The fraction of sp³-hybridized carbons (Fsp3) is 0.727. The highest BCUT2D eigenvalue weighted by atomic mass is 16.2. The number of hydrogen-bond acceptors (Lipinski definition) is 3. The van der Waals surface area contributed by atoms with Crippen LogP contribution < -0.4 is 10.7 Å². The molecule has 0 aromatic heterocycles. The van der Waals surface area contributed by atoms with Crippen LogP contribution in [0.4, 0.5) is 0 Å². The van der Waals surface area contributed by atoms with Crippen molar-refractivity contribution in [2.24, 2.45) is 11.0 Å². The molecule has 16 heavy (non-hydrogen) atoms. The quantitative estimate of drug-likeness (QED) is 0.418. The van der Waals surface area contributed by atoms with Crippen LogP contribution in [-0.4, -0.2) is 24.1 Å². The molecule has 2 amide bonds. The van der Waals surface area contributed by atoms with Gasteiger partial charge in [-0.05, 0) is 18.8 Å².